The molecule has 0 fully saturated rings. The zero-order valence-electron chi connectivity index (χ0n) is 16.8. The van der Waals surface area contributed by atoms with Crippen LogP contribution < -0.4 is 20.7 Å². The molecule has 0 bridgehead atoms. The zero-order chi connectivity index (χ0) is 21.6. The molecule has 9 nitrogen and oxygen atoms in total. The Bertz CT molecular complexity index is 696. The first-order valence-corrected chi connectivity index (χ1v) is 10.4. The quantitative estimate of drug-likeness (QED) is 0.413. The van der Waals surface area contributed by atoms with Crippen molar-refractivity contribution in [3.05, 3.63) is 29.8 Å². The molecule has 1 rings (SSSR count). The molecule has 1 aromatic carbocycles. The van der Waals surface area contributed by atoms with Crippen LogP contribution in [0.2, 0.25) is 0 Å². The number of thioether (sulfide) groups is 1. The monoisotopic (exact) mass is 425 g/mol. The minimum absolute atomic E-state index is 0.0450. The Morgan fingerprint density at radius 1 is 1.07 bits per heavy atom. The first-order chi connectivity index (χ1) is 13.9. The van der Waals surface area contributed by atoms with E-state index in [0.29, 0.717) is 23.5 Å². The number of hydrogen-bond acceptors (Lipinski definition) is 7. The number of benzene rings is 1. The molecule has 0 aliphatic carbocycles. The van der Waals surface area contributed by atoms with Gasteiger partial charge in [-0.1, -0.05) is 0 Å². The summed E-state index contributed by atoms with van der Waals surface area (Å²) in [4.78, 5) is 47.7. The number of carbonyl (C=O) groups excluding carboxylic acids is 4. The first-order valence-electron chi connectivity index (χ1n) is 8.96. The second-order valence-electron chi connectivity index (χ2n) is 5.93. The molecule has 10 heteroatoms. The summed E-state index contributed by atoms with van der Waals surface area (Å²) in [6.07, 6.45) is 2.36. The molecular formula is C19H27N3O6S. The normalized spacial score (nSPS) is 11.1. The van der Waals surface area contributed by atoms with Gasteiger partial charge in [-0.25, -0.2) is 0 Å². The molecule has 1 atom stereocenters. The predicted octanol–water partition coefficient (Wildman–Crippen LogP) is 0.342. The van der Waals surface area contributed by atoms with E-state index in [9.17, 15) is 19.2 Å². The number of nitrogens with one attached hydrogen (secondary N) is 3. The van der Waals surface area contributed by atoms with Gasteiger partial charge in [0.2, 0.25) is 11.8 Å². The minimum Gasteiger partial charge on any atom is -0.497 e. The summed E-state index contributed by atoms with van der Waals surface area (Å²) in [6, 6.07) is 5.70. The number of methoxy groups -OCH3 is 2. The van der Waals surface area contributed by atoms with Crippen LogP contribution in [0.5, 0.6) is 5.75 Å². The van der Waals surface area contributed by atoms with Crippen LogP contribution in [-0.2, 0) is 19.1 Å². The first kappa shape index (κ1) is 24.3. The van der Waals surface area contributed by atoms with Crippen molar-refractivity contribution in [2.75, 3.05) is 39.3 Å². The molecule has 0 aliphatic rings. The lowest BCUT2D eigenvalue weighted by Crippen LogP contribution is -2.50. The van der Waals surface area contributed by atoms with Gasteiger partial charge in [0, 0.05) is 12.1 Å². The summed E-state index contributed by atoms with van der Waals surface area (Å²) in [7, 11) is 2.80. The van der Waals surface area contributed by atoms with Crippen molar-refractivity contribution >= 4 is 35.5 Å². The van der Waals surface area contributed by atoms with Crippen LogP contribution in [0.1, 0.15) is 23.2 Å². The van der Waals surface area contributed by atoms with Crippen molar-refractivity contribution in [1.82, 2.24) is 16.0 Å². The molecule has 0 aromatic heterocycles. The summed E-state index contributed by atoms with van der Waals surface area (Å²) >= 11 is 1.54. The van der Waals surface area contributed by atoms with Crippen LogP contribution in [0.25, 0.3) is 0 Å². The number of ether oxygens (including phenoxy) is 2. The number of hydrogen-bond donors (Lipinski definition) is 3. The standard InChI is InChI=1S/C19H27N3O6S/c1-27-14-6-4-13(5-7-14)18(25)21-12-16(23)22-15(9-11-29-3)19(26)20-10-8-17(24)28-2/h4-7,15H,8-12H2,1-3H3,(H,20,26)(H,21,25)(H,22,23)/t15-/m0/s1. The molecule has 29 heavy (non-hydrogen) atoms. The summed E-state index contributed by atoms with van der Waals surface area (Å²) < 4.78 is 9.55. The zero-order valence-corrected chi connectivity index (χ0v) is 17.6. The van der Waals surface area contributed by atoms with Crippen molar-refractivity contribution in [2.24, 2.45) is 0 Å². The van der Waals surface area contributed by atoms with E-state index in [2.05, 4.69) is 20.7 Å². The second-order valence-corrected chi connectivity index (χ2v) is 6.92. The summed E-state index contributed by atoms with van der Waals surface area (Å²) in [5.74, 6) is -0.441. The molecule has 0 saturated heterocycles. The van der Waals surface area contributed by atoms with Gasteiger partial charge in [0.05, 0.1) is 27.2 Å². The van der Waals surface area contributed by atoms with Crippen LogP contribution in [0, 0.1) is 0 Å². The van der Waals surface area contributed by atoms with Gasteiger partial charge in [0.15, 0.2) is 0 Å². The molecular weight excluding hydrogens is 398 g/mol. The molecule has 0 unspecified atom stereocenters. The van der Waals surface area contributed by atoms with Gasteiger partial charge < -0.3 is 25.4 Å². The lowest BCUT2D eigenvalue weighted by Gasteiger charge is -2.18. The van der Waals surface area contributed by atoms with Crippen molar-refractivity contribution in [1.29, 1.82) is 0 Å². The molecule has 0 heterocycles. The summed E-state index contributed by atoms with van der Waals surface area (Å²) in [6.45, 7) is -0.151. The number of esters is 1. The Labute approximate surface area is 174 Å². The lowest BCUT2D eigenvalue weighted by atomic mass is 10.2. The number of carbonyl (C=O) groups is 4. The van der Waals surface area contributed by atoms with E-state index in [1.807, 2.05) is 6.26 Å². The van der Waals surface area contributed by atoms with Gasteiger partial charge >= 0.3 is 5.97 Å². The number of amides is 3. The topological polar surface area (TPSA) is 123 Å². The molecule has 0 spiro atoms. The molecule has 0 radical (unpaired) electrons. The van der Waals surface area contributed by atoms with Crippen LogP contribution in [0.4, 0.5) is 0 Å². The van der Waals surface area contributed by atoms with E-state index in [-0.39, 0.29) is 19.5 Å². The molecule has 3 amide bonds. The smallest absolute Gasteiger partial charge is 0.307 e. The maximum Gasteiger partial charge on any atom is 0.307 e. The highest BCUT2D eigenvalue weighted by molar-refractivity contribution is 7.98. The highest BCUT2D eigenvalue weighted by Crippen LogP contribution is 2.11. The third-order valence-electron chi connectivity index (χ3n) is 3.88. The van der Waals surface area contributed by atoms with Gasteiger partial charge in [-0.2, -0.15) is 11.8 Å². The van der Waals surface area contributed by atoms with E-state index in [0.717, 1.165) is 0 Å². The predicted molar refractivity (Wildman–Crippen MR) is 110 cm³/mol. The second kappa shape index (κ2) is 13.4. The van der Waals surface area contributed by atoms with E-state index < -0.39 is 29.7 Å². The van der Waals surface area contributed by atoms with E-state index >= 15 is 0 Å². The fraction of sp³-hybridized carbons (Fsp3) is 0.474. The Kier molecular flexibility index (Phi) is 11.2. The average Bonchev–Trinajstić information content (AvgIpc) is 2.74. The Balaban J connectivity index is 2.52. The van der Waals surface area contributed by atoms with Crippen LogP contribution in [-0.4, -0.2) is 69.1 Å². The highest BCUT2D eigenvalue weighted by atomic mass is 32.2. The van der Waals surface area contributed by atoms with Crippen LogP contribution >= 0.6 is 11.8 Å². The molecule has 1 aromatic rings. The maximum absolute atomic E-state index is 12.3. The van der Waals surface area contributed by atoms with E-state index in [1.54, 1.807) is 24.3 Å². The van der Waals surface area contributed by atoms with Gasteiger partial charge in [-0.15, -0.1) is 0 Å². The van der Waals surface area contributed by atoms with Crippen LogP contribution in [0.3, 0.4) is 0 Å². The largest absolute Gasteiger partial charge is 0.497 e. The van der Waals surface area contributed by atoms with Crippen molar-refractivity contribution < 1.29 is 28.7 Å². The van der Waals surface area contributed by atoms with E-state index in [4.69, 9.17) is 4.74 Å². The Morgan fingerprint density at radius 3 is 2.34 bits per heavy atom. The minimum atomic E-state index is -0.759. The third kappa shape index (κ3) is 9.33. The van der Waals surface area contributed by atoms with Crippen molar-refractivity contribution in [2.45, 2.75) is 18.9 Å². The van der Waals surface area contributed by atoms with Gasteiger partial charge in [-0.05, 0) is 42.7 Å². The lowest BCUT2D eigenvalue weighted by molar-refractivity contribution is -0.140. The SMILES string of the molecule is COC(=O)CCNC(=O)[C@H](CCSC)NC(=O)CNC(=O)c1ccc(OC)cc1. The van der Waals surface area contributed by atoms with Gasteiger partial charge in [-0.3, -0.25) is 19.2 Å². The third-order valence-corrected chi connectivity index (χ3v) is 4.52. The number of rotatable bonds is 12. The fourth-order valence-electron chi connectivity index (χ4n) is 2.27. The fourth-order valence-corrected chi connectivity index (χ4v) is 2.74. The molecule has 0 saturated carbocycles. The van der Waals surface area contributed by atoms with E-state index in [1.165, 1.54) is 26.0 Å². The van der Waals surface area contributed by atoms with Crippen molar-refractivity contribution in [3.8, 4) is 5.75 Å². The molecule has 0 aliphatic heterocycles. The molecule has 3 N–H and O–H groups in total. The van der Waals surface area contributed by atoms with Crippen molar-refractivity contribution in [3.63, 3.8) is 0 Å². The van der Waals surface area contributed by atoms with Crippen LogP contribution in [0.15, 0.2) is 24.3 Å². The Morgan fingerprint density at radius 2 is 1.76 bits per heavy atom. The summed E-state index contributed by atoms with van der Waals surface area (Å²) in [5.41, 5.74) is 0.387. The molecule has 160 valence electrons. The summed E-state index contributed by atoms with van der Waals surface area (Å²) in [5, 5.41) is 7.73. The maximum atomic E-state index is 12.3. The van der Waals surface area contributed by atoms with Gasteiger partial charge in [0.25, 0.3) is 5.91 Å². The van der Waals surface area contributed by atoms with Gasteiger partial charge in [0.1, 0.15) is 11.8 Å². The average molecular weight is 426 g/mol. The highest BCUT2D eigenvalue weighted by Gasteiger charge is 2.20. The Hall–Kier alpha value is -2.75.